The average molecular weight is 1060 g/mol. The minimum atomic E-state index is -2.30. The molecule has 0 radical (unpaired) electrons. The van der Waals surface area contributed by atoms with Crippen LogP contribution < -0.4 is 4.74 Å². The third-order valence-corrected chi connectivity index (χ3v) is 30.3. The molecule has 3 rings (SSSR count). The fourth-order valence-corrected chi connectivity index (χ4v) is 19.5. The normalized spacial score (nSPS) is 25.8. The molecule has 1 fully saturated rings. The molecule has 0 aliphatic carbocycles. The molecular weight excluding hydrogens is 967 g/mol. The monoisotopic (exact) mass is 1060 g/mol. The van der Waals surface area contributed by atoms with Gasteiger partial charge in [-0.25, -0.2) is 4.79 Å². The second-order valence-corrected chi connectivity index (χ2v) is 35.0. The zero-order valence-electron chi connectivity index (χ0n) is 47.0. The van der Waals surface area contributed by atoms with Gasteiger partial charge in [0.15, 0.2) is 36.7 Å². The number of hydrogen-bond donors (Lipinski definition) is 0. The molecule has 14 nitrogen and oxygen atoms in total. The molecule has 0 unspecified atom stereocenters. The second kappa shape index (κ2) is 28.4. The Balaban J connectivity index is 2.07. The Morgan fingerprint density at radius 2 is 1.46 bits per heavy atom. The van der Waals surface area contributed by atoms with Crippen molar-refractivity contribution in [2.75, 3.05) is 0 Å². The maximum absolute atomic E-state index is 14.2. The van der Waals surface area contributed by atoms with Gasteiger partial charge in [0.2, 0.25) is 0 Å². The smallest absolute Gasteiger partial charge is 0.457 e. The number of esters is 2. The van der Waals surface area contributed by atoms with Gasteiger partial charge < -0.3 is 37.0 Å². The van der Waals surface area contributed by atoms with Crippen LogP contribution in [0.4, 0.5) is 10.5 Å². The molecule has 0 saturated carbocycles. The number of nitro groups is 1. The van der Waals surface area contributed by atoms with E-state index in [-0.39, 0.29) is 54.9 Å². The third-order valence-electron chi connectivity index (χ3n) is 16.2. The maximum atomic E-state index is 14.2. The lowest BCUT2D eigenvalue weighted by Gasteiger charge is -2.39. The number of cyclic esters (lactones) is 1. The first-order chi connectivity index (χ1) is 34.0. The Bertz CT molecular complexity index is 1960. The number of rotatable bonds is 27. The molecular formula is C55H93NO13Si3. The van der Waals surface area contributed by atoms with E-state index < -0.39 is 83.4 Å². The van der Waals surface area contributed by atoms with Gasteiger partial charge in [-0.15, -0.1) is 0 Å². The summed E-state index contributed by atoms with van der Waals surface area (Å²) in [5.74, 6) is -1.16. The number of epoxide rings is 1. The van der Waals surface area contributed by atoms with Crippen molar-refractivity contribution in [2.24, 2.45) is 11.8 Å². The number of nitrogens with zero attached hydrogens (tertiary/aromatic N) is 1. The molecule has 1 aromatic rings. The van der Waals surface area contributed by atoms with Gasteiger partial charge in [-0.05, 0) is 118 Å². The lowest BCUT2D eigenvalue weighted by molar-refractivity contribution is -0.384. The van der Waals surface area contributed by atoms with E-state index in [4.69, 9.17) is 37.0 Å². The number of carbonyl (C=O) groups is 3. The maximum Gasteiger partial charge on any atom is 0.514 e. The molecule has 1 saturated heterocycles. The van der Waals surface area contributed by atoms with E-state index in [1.165, 1.54) is 31.2 Å². The SMILES string of the molecule is CC[C@H](O[Si](CC)(CC)CC)[C@@H](C)[C@H]1O[C@@H]1C[C@](C)(/C=C/C=C(\C)[C@H]1OC(=O)C[C@H](O[Si](CC)(CC)CC)CC[C@@](C)(OC(=O)Oc2ccc([N+](=O)[O-])cc2)[C@H](OC(C)=O)/C=C/[C@@H]1C)O[Si](CC)(CC)CC. The number of non-ortho nitro benzene ring substituents is 1. The topological polar surface area (TPSA) is 171 Å². The van der Waals surface area contributed by atoms with Gasteiger partial charge in [0.1, 0.15) is 11.9 Å². The van der Waals surface area contributed by atoms with Crippen LogP contribution in [0.1, 0.15) is 143 Å². The van der Waals surface area contributed by atoms with Gasteiger partial charge in [-0.1, -0.05) is 107 Å². The van der Waals surface area contributed by atoms with Crippen LogP contribution in [0.3, 0.4) is 0 Å². The first-order valence-corrected chi connectivity index (χ1v) is 34.8. The molecule has 1 aromatic carbocycles. The molecule has 0 N–H and O–H groups in total. The van der Waals surface area contributed by atoms with Crippen LogP contribution in [0.2, 0.25) is 54.4 Å². The zero-order valence-corrected chi connectivity index (χ0v) is 50.0. The summed E-state index contributed by atoms with van der Waals surface area (Å²) >= 11 is 0. The number of hydrogen-bond acceptors (Lipinski definition) is 13. The van der Waals surface area contributed by atoms with Gasteiger partial charge >= 0.3 is 18.1 Å². The van der Waals surface area contributed by atoms with Crippen molar-refractivity contribution < 1.29 is 56.3 Å². The summed E-state index contributed by atoms with van der Waals surface area (Å²) in [5, 5.41) is 11.3. The highest BCUT2D eigenvalue weighted by molar-refractivity contribution is 6.74. The van der Waals surface area contributed by atoms with Crippen molar-refractivity contribution in [1.29, 1.82) is 0 Å². The van der Waals surface area contributed by atoms with Gasteiger partial charge in [0, 0.05) is 43.4 Å². The summed E-state index contributed by atoms with van der Waals surface area (Å²) in [7, 11) is -6.22. The molecule has 408 valence electrons. The highest BCUT2D eigenvalue weighted by Crippen LogP contribution is 2.43. The summed E-state index contributed by atoms with van der Waals surface area (Å²) in [5.41, 5.74) is -1.50. The Hall–Kier alpha value is -3.46. The van der Waals surface area contributed by atoms with E-state index in [1.807, 2.05) is 32.1 Å². The van der Waals surface area contributed by atoms with Gasteiger partial charge in [-0.3, -0.25) is 19.7 Å². The fraction of sp³-hybridized carbons (Fsp3) is 0.727. The number of ether oxygens (including phenoxy) is 5. The molecule has 0 spiro atoms. The van der Waals surface area contributed by atoms with E-state index in [1.54, 1.807) is 13.0 Å². The largest absolute Gasteiger partial charge is 0.514 e. The summed E-state index contributed by atoms with van der Waals surface area (Å²) in [4.78, 5) is 51.3. The van der Waals surface area contributed by atoms with Crippen molar-refractivity contribution in [2.45, 2.75) is 245 Å². The number of nitro benzene ring substituents is 1. The van der Waals surface area contributed by atoms with E-state index >= 15 is 0 Å². The number of allylic oxidation sites excluding steroid dienone is 2. The highest BCUT2D eigenvalue weighted by Gasteiger charge is 2.51. The predicted molar refractivity (Wildman–Crippen MR) is 293 cm³/mol. The first kappa shape index (κ1) is 62.8. The summed E-state index contributed by atoms with van der Waals surface area (Å²) in [6.07, 6.45) is 8.42. The highest BCUT2D eigenvalue weighted by atomic mass is 28.4. The summed E-state index contributed by atoms with van der Waals surface area (Å²) in [6.45, 7) is 33.4. The molecule has 0 aromatic heterocycles. The van der Waals surface area contributed by atoms with Crippen LogP contribution >= 0.6 is 0 Å². The lowest BCUT2D eigenvalue weighted by Crippen LogP contribution is -2.47. The molecule has 17 heteroatoms. The van der Waals surface area contributed by atoms with Crippen LogP contribution in [-0.4, -0.2) is 95.8 Å². The van der Waals surface area contributed by atoms with Gasteiger partial charge in [-0.2, -0.15) is 0 Å². The zero-order chi connectivity index (χ0) is 54.1. The van der Waals surface area contributed by atoms with Crippen LogP contribution in [0.15, 0.2) is 60.2 Å². The molecule has 2 aliphatic heterocycles. The lowest BCUT2D eigenvalue weighted by atomic mass is 9.88. The number of carbonyl (C=O) groups excluding carboxylic acids is 3. The average Bonchev–Trinajstić information content (AvgIpc) is 4.12. The Labute approximate surface area is 436 Å². The fourth-order valence-electron chi connectivity index (χ4n) is 10.5. The van der Waals surface area contributed by atoms with E-state index in [0.29, 0.717) is 6.42 Å². The van der Waals surface area contributed by atoms with E-state index in [2.05, 4.69) is 89.2 Å². The van der Waals surface area contributed by atoms with Crippen LogP contribution in [-0.2, 0) is 41.8 Å². The van der Waals surface area contributed by atoms with Crippen molar-refractivity contribution in [3.8, 4) is 5.75 Å². The predicted octanol–water partition coefficient (Wildman–Crippen LogP) is 14.4. The van der Waals surface area contributed by atoms with E-state index in [9.17, 15) is 24.5 Å². The van der Waals surface area contributed by atoms with Crippen LogP contribution in [0, 0.1) is 22.0 Å². The van der Waals surface area contributed by atoms with Crippen molar-refractivity contribution >= 4 is 48.7 Å². The molecule has 10 atom stereocenters. The van der Waals surface area contributed by atoms with Gasteiger partial charge in [0.05, 0.1) is 35.3 Å². The number of benzene rings is 1. The quantitative estimate of drug-likeness (QED) is 0.00939. The minimum Gasteiger partial charge on any atom is -0.457 e. The summed E-state index contributed by atoms with van der Waals surface area (Å²) < 4.78 is 51.8. The molecule has 72 heavy (non-hydrogen) atoms. The third kappa shape index (κ3) is 17.6. The van der Waals surface area contributed by atoms with Crippen molar-refractivity contribution in [3.05, 3.63) is 70.3 Å². The first-order valence-electron chi connectivity index (χ1n) is 27.2. The van der Waals surface area contributed by atoms with Crippen molar-refractivity contribution in [3.63, 3.8) is 0 Å². The summed E-state index contributed by atoms with van der Waals surface area (Å²) in [6, 6.07) is 13.9. The Kier molecular flexibility index (Phi) is 24.8. The molecule has 2 heterocycles. The Morgan fingerprint density at radius 3 is 1.97 bits per heavy atom. The van der Waals surface area contributed by atoms with Crippen LogP contribution in [0.25, 0.3) is 0 Å². The minimum absolute atomic E-state index is 0.0297. The molecule has 0 amide bonds. The van der Waals surface area contributed by atoms with Crippen molar-refractivity contribution in [1.82, 2.24) is 0 Å². The standard InChI is InChI=1S/C55H93NO13Si3/c1-17-47(68-71(21-5,22-6)23-7)42(13)52-48(64-52)39-54(15,69-72(24-8,25-9)26-10)36-27-28-40(11)51-41(12)29-34-49(62-43(14)57)55(16,66-53(59)63-45-32-30-44(31-33-45)56(60)61)37-35-46(38-50(58)65-51)67-70(18-2,19-3)20-4/h27-34,36,41-42,46-49,51-52H,17-26,35,37-39H2,1-16H3/b34-29+,36-27+,40-28+/t41-,42+,46+,47-,48+,49+,51+,52+,54-,55+/m0/s1. The van der Waals surface area contributed by atoms with E-state index in [0.717, 1.165) is 66.4 Å². The second-order valence-electron chi connectivity index (χ2n) is 20.9. The van der Waals surface area contributed by atoms with Crippen LogP contribution in [0.5, 0.6) is 5.75 Å². The molecule has 0 bridgehead atoms. The van der Waals surface area contributed by atoms with Gasteiger partial charge in [0.25, 0.3) is 5.69 Å². The molecule has 2 aliphatic rings. The Morgan fingerprint density at radius 1 is 0.889 bits per heavy atom.